The first kappa shape index (κ1) is 20.7. The second kappa shape index (κ2) is 7.27. The van der Waals surface area contributed by atoms with E-state index in [1.165, 1.54) is 4.90 Å². The zero-order chi connectivity index (χ0) is 21.7. The lowest BCUT2D eigenvalue weighted by Gasteiger charge is -2.47. The largest absolute Gasteiger partial charge is 0.444 e. The Morgan fingerprint density at radius 2 is 1.90 bits per heavy atom. The van der Waals surface area contributed by atoms with Gasteiger partial charge < -0.3 is 19.7 Å². The van der Waals surface area contributed by atoms with Crippen molar-refractivity contribution in [3.8, 4) is 0 Å². The topological polar surface area (TPSA) is 88.2 Å². The summed E-state index contributed by atoms with van der Waals surface area (Å²) in [5, 5.41) is 2.77. The van der Waals surface area contributed by atoms with Gasteiger partial charge in [-0.2, -0.15) is 0 Å². The molecule has 0 bridgehead atoms. The molecule has 1 N–H and O–H groups in total. The number of nitrogens with zero attached hydrogens (tertiary/aromatic N) is 2. The maximum Gasteiger partial charge on any atom is 0.413 e. The van der Waals surface area contributed by atoms with Crippen molar-refractivity contribution in [2.75, 3.05) is 6.54 Å². The number of ether oxygens (including phenoxy) is 2. The fraction of sp³-hybridized carbons (Fsp3) is 0.591. The molecule has 4 atom stereocenters. The Morgan fingerprint density at radius 1 is 1.20 bits per heavy atom. The predicted molar refractivity (Wildman–Crippen MR) is 108 cm³/mol. The quantitative estimate of drug-likeness (QED) is 0.763. The van der Waals surface area contributed by atoms with Crippen LogP contribution >= 0.6 is 0 Å². The van der Waals surface area contributed by atoms with Crippen molar-refractivity contribution >= 4 is 17.9 Å². The van der Waals surface area contributed by atoms with Crippen LogP contribution in [0.2, 0.25) is 0 Å². The first-order valence-corrected chi connectivity index (χ1v) is 10.5. The molecule has 8 nitrogen and oxygen atoms in total. The van der Waals surface area contributed by atoms with Gasteiger partial charge >= 0.3 is 6.09 Å². The number of hydrogen-bond acceptors (Lipinski definition) is 5. The number of nitrogens with one attached hydrogen (secondary N) is 1. The van der Waals surface area contributed by atoms with Crippen molar-refractivity contribution in [3.63, 3.8) is 0 Å². The molecule has 0 saturated carbocycles. The third kappa shape index (κ3) is 3.14. The number of hydrogen-bond donors (Lipinski definition) is 1. The minimum absolute atomic E-state index is 0.0818. The Labute approximate surface area is 176 Å². The van der Waals surface area contributed by atoms with Crippen LogP contribution in [0.4, 0.5) is 4.79 Å². The first-order chi connectivity index (χ1) is 14.2. The van der Waals surface area contributed by atoms with Gasteiger partial charge in [0, 0.05) is 6.04 Å². The summed E-state index contributed by atoms with van der Waals surface area (Å²) in [4.78, 5) is 42.2. The number of likely N-dealkylation sites (tertiary alicyclic amines) is 1. The fourth-order valence-electron chi connectivity index (χ4n) is 5.01. The highest BCUT2D eigenvalue weighted by Crippen LogP contribution is 2.41. The van der Waals surface area contributed by atoms with Crippen LogP contribution in [0.15, 0.2) is 30.3 Å². The number of carbonyl (C=O) groups is 3. The summed E-state index contributed by atoms with van der Waals surface area (Å²) in [7, 11) is 0. The second-order valence-corrected chi connectivity index (χ2v) is 8.93. The second-order valence-electron chi connectivity index (χ2n) is 8.93. The van der Waals surface area contributed by atoms with E-state index in [0.29, 0.717) is 13.0 Å². The highest BCUT2D eigenvalue weighted by Gasteiger charge is 2.62. The van der Waals surface area contributed by atoms with Crippen molar-refractivity contribution in [2.24, 2.45) is 0 Å². The van der Waals surface area contributed by atoms with Gasteiger partial charge in [-0.15, -0.1) is 0 Å². The lowest BCUT2D eigenvalue weighted by Crippen LogP contribution is -2.74. The monoisotopic (exact) mass is 415 g/mol. The zero-order valence-corrected chi connectivity index (χ0v) is 17.9. The third-order valence-corrected chi connectivity index (χ3v) is 6.51. The van der Waals surface area contributed by atoms with Crippen LogP contribution < -0.4 is 5.32 Å². The van der Waals surface area contributed by atoms with E-state index < -0.39 is 29.5 Å². The fourth-order valence-corrected chi connectivity index (χ4v) is 5.01. The molecule has 3 unspecified atom stereocenters. The Kier molecular flexibility index (Phi) is 5.00. The summed E-state index contributed by atoms with van der Waals surface area (Å²) >= 11 is 0. The predicted octanol–water partition coefficient (Wildman–Crippen LogP) is 2.03. The highest BCUT2D eigenvalue weighted by atomic mass is 16.6. The van der Waals surface area contributed by atoms with Gasteiger partial charge in [0.15, 0.2) is 0 Å². The molecule has 0 aliphatic carbocycles. The van der Waals surface area contributed by atoms with Crippen molar-refractivity contribution in [2.45, 2.75) is 76.6 Å². The van der Waals surface area contributed by atoms with Crippen LogP contribution in [-0.4, -0.2) is 63.7 Å². The van der Waals surface area contributed by atoms with Crippen LogP contribution in [0, 0.1) is 0 Å². The van der Waals surface area contributed by atoms with Gasteiger partial charge in [-0.25, -0.2) is 4.79 Å². The number of rotatable bonds is 3. The summed E-state index contributed by atoms with van der Waals surface area (Å²) in [6.07, 6.45) is 0.258. The molecule has 3 aliphatic rings. The van der Waals surface area contributed by atoms with Gasteiger partial charge in [0.1, 0.15) is 23.9 Å². The number of carbonyl (C=O) groups excluding carboxylic acids is 3. The Morgan fingerprint density at radius 3 is 2.50 bits per heavy atom. The minimum Gasteiger partial charge on any atom is -0.444 e. The lowest BCUT2D eigenvalue weighted by atomic mass is 9.87. The molecule has 3 heterocycles. The Hall–Kier alpha value is -2.61. The molecule has 3 amide bonds. The molecular weight excluding hydrogens is 386 g/mol. The average Bonchev–Trinajstić information content (AvgIpc) is 3.19. The van der Waals surface area contributed by atoms with Crippen LogP contribution in [0.1, 0.15) is 46.1 Å². The maximum absolute atomic E-state index is 13.7. The SMILES string of the molecule is CC1CCC2(CNC2=O)N1C(=O)C1[C@@H](C)OC(C)(C)N1C(=O)OCc1ccccc1. The van der Waals surface area contributed by atoms with Crippen molar-refractivity contribution < 1.29 is 23.9 Å². The minimum atomic E-state index is -1.01. The average molecular weight is 415 g/mol. The van der Waals surface area contributed by atoms with Crippen LogP contribution in [-0.2, 0) is 25.7 Å². The van der Waals surface area contributed by atoms with E-state index in [2.05, 4.69) is 5.32 Å². The van der Waals surface area contributed by atoms with Gasteiger partial charge in [-0.1, -0.05) is 30.3 Å². The Balaban J connectivity index is 1.58. The molecular formula is C22H29N3O5. The van der Waals surface area contributed by atoms with E-state index >= 15 is 0 Å². The molecule has 4 rings (SSSR count). The maximum atomic E-state index is 13.7. The van der Waals surface area contributed by atoms with Crippen molar-refractivity contribution in [1.29, 1.82) is 0 Å². The van der Waals surface area contributed by atoms with E-state index in [1.54, 1.807) is 25.7 Å². The van der Waals surface area contributed by atoms with Gasteiger partial charge in [-0.3, -0.25) is 14.5 Å². The molecule has 30 heavy (non-hydrogen) atoms. The molecule has 8 heteroatoms. The summed E-state index contributed by atoms with van der Waals surface area (Å²) in [5.74, 6) is -0.381. The number of β-lactam (4-membered cyclic amide) rings is 1. The highest BCUT2D eigenvalue weighted by molar-refractivity contribution is 5.99. The Bertz CT molecular complexity index is 858. The molecule has 162 valence electrons. The third-order valence-electron chi connectivity index (χ3n) is 6.51. The molecule has 1 aromatic rings. The van der Waals surface area contributed by atoms with Gasteiger partial charge in [-0.05, 0) is 46.1 Å². The molecule has 0 aromatic heterocycles. The van der Waals surface area contributed by atoms with E-state index in [-0.39, 0.29) is 24.5 Å². The molecule has 1 aromatic carbocycles. The van der Waals surface area contributed by atoms with Crippen molar-refractivity contribution in [3.05, 3.63) is 35.9 Å². The van der Waals surface area contributed by atoms with Gasteiger partial charge in [0.2, 0.25) is 11.8 Å². The summed E-state index contributed by atoms with van der Waals surface area (Å²) in [6, 6.07) is 8.44. The van der Waals surface area contributed by atoms with E-state index in [0.717, 1.165) is 12.0 Å². The van der Waals surface area contributed by atoms with E-state index in [1.807, 2.05) is 37.3 Å². The molecule has 3 saturated heterocycles. The summed E-state index contributed by atoms with van der Waals surface area (Å²) in [6.45, 7) is 7.78. The van der Waals surface area contributed by atoms with Gasteiger partial charge in [0.05, 0.1) is 12.6 Å². The smallest absolute Gasteiger partial charge is 0.413 e. The summed E-state index contributed by atoms with van der Waals surface area (Å²) in [5.41, 5.74) is -0.952. The standard InChI is InChI=1S/C22H29N3O5/c1-14-10-11-22(13-23-19(22)27)24(14)18(26)17-15(2)30-21(3,4)25(17)20(28)29-12-16-8-6-5-7-9-16/h5-9,14-15,17H,10-13H2,1-4H3,(H,23,27)/t14?,15-,17?,22?/m1/s1. The van der Waals surface area contributed by atoms with Gasteiger partial charge in [0.25, 0.3) is 0 Å². The van der Waals surface area contributed by atoms with Crippen LogP contribution in [0.5, 0.6) is 0 Å². The molecule has 1 spiro atoms. The first-order valence-electron chi connectivity index (χ1n) is 10.5. The molecule has 3 fully saturated rings. The van der Waals surface area contributed by atoms with Crippen molar-refractivity contribution in [1.82, 2.24) is 15.1 Å². The number of benzene rings is 1. The molecule has 0 radical (unpaired) electrons. The number of amides is 3. The van der Waals surface area contributed by atoms with Crippen LogP contribution in [0.3, 0.4) is 0 Å². The lowest BCUT2D eigenvalue weighted by molar-refractivity contribution is -0.157. The van der Waals surface area contributed by atoms with Crippen LogP contribution in [0.25, 0.3) is 0 Å². The summed E-state index contributed by atoms with van der Waals surface area (Å²) < 4.78 is 11.5. The van der Waals surface area contributed by atoms with E-state index in [9.17, 15) is 14.4 Å². The molecule has 3 aliphatic heterocycles. The normalized spacial score (nSPS) is 32.1. The zero-order valence-electron chi connectivity index (χ0n) is 17.9. The van der Waals surface area contributed by atoms with E-state index in [4.69, 9.17) is 9.47 Å².